The summed E-state index contributed by atoms with van der Waals surface area (Å²) < 4.78 is 18.5. The van der Waals surface area contributed by atoms with Crippen molar-refractivity contribution in [2.75, 3.05) is 32.2 Å². The van der Waals surface area contributed by atoms with Gasteiger partial charge in [0.2, 0.25) is 5.28 Å². The van der Waals surface area contributed by atoms with E-state index in [1.54, 1.807) is 13.3 Å². The zero-order valence-corrected chi connectivity index (χ0v) is 16.4. The number of anilines is 2. The van der Waals surface area contributed by atoms with Gasteiger partial charge in [-0.2, -0.15) is 10.1 Å². The largest absolute Gasteiger partial charge is 0.490 e. The van der Waals surface area contributed by atoms with Crippen molar-refractivity contribution in [3.63, 3.8) is 0 Å². The zero-order valence-electron chi connectivity index (χ0n) is 15.6. The highest BCUT2D eigenvalue weighted by Gasteiger charge is 2.18. The molecule has 1 aromatic carbocycles. The molecular weight excluding hydrogens is 382 g/mol. The summed E-state index contributed by atoms with van der Waals surface area (Å²) in [4.78, 5) is 8.68. The molecule has 28 heavy (non-hydrogen) atoms. The van der Waals surface area contributed by atoms with E-state index in [1.165, 1.54) is 0 Å². The van der Waals surface area contributed by atoms with Gasteiger partial charge >= 0.3 is 0 Å². The van der Waals surface area contributed by atoms with Crippen molar-refractivity contribution < 1.29 is 14.2 Å². The maximum Gasteiger partial charge on any atom is 0.224 e. The normalized spacial score (nSPS) is 17.0. The number of hydrogen-bond acceptors (Lipinski definition) is 7. The fourth-order valence-electron chi connectivity index (χ4n) is 3.20. The second-order valence-electron chi connectivity index (χ2n) is 6.49. The molecule has 1 aliphatic rings. The number of ether oxygens (including phenoxy) is 3. The average Bonchev–Trinajstić information content (AvgIpc) is 3.17. The summed E-state index contributed by atoms with van der Waals surface area (Å²) in [5.41, 5.74) is 1.48. The van der Waals surface area contributed by atoms with Gasteiger partial charge in [-0.3, -0.25) is 0 Å². The van der Waals surface area contributed by atoms with E-state index in [9.17, 15) is 0 Å². The SMILES string of the molecule is COCCOc1cccc2nc(Cl)nc(Nc3cnn(C4CCCCO4)c3)c12. The Morgan fingerprint density at radius 2 is 2.21 bits per heavy atom. The van der Waals surface area contributed by atoms with Crippen LogP contribution >= 0.6 is 11.6 Å². The van der Waals surface area contributed by atoms with Gasteiger partial charge in [-0.1, -0.05) is 6.07 Å². The van der Waals surface area contributed by atoms with Crippen molar-refractivity contribution in [2.45, 2.75) is 25.5 Å². The molecule has 1 N–H and O–H groups in total. The van der Waals surface area contributed by atoms with Crippen molar-refractivity contribution in [1.82, 2.24) is 19.7 Å². The van der Waals surface area contributed by atoms with Gasteiger partial charge in [0, 0.05) is 13.7 Å². The molecule has 3 aromatic rings. The molecule has 3 heterocycles. The van der Waals surface area contributed by atoms with Crippen LogP contribution in [0.5, 0.6) is 5.75 Å². The average molecular weight is 404 g/mol. The number of halogens is 1. The first-order chi connectivity index (χ1) is 13.7. The van der Waals surface area contributed by atoms with Gasteiger partial charge in [0.1, 0.15) is 24.4 Å². The van der Waals surface area contributed by atoms with Crippen molar-refractivity contribution in [3.8, 4) is 5.75 Å². The predicted octanol–water partition coefficient (Wildman–Crippen LogP) is 3.95. The number of fused-ring (bicyclic) bond motifs is 1. The highest BCUT2D eigenvalue weighted by atomic mass is 35.5. The minimum atomic E-state index is -0.0250. The van der Waals surface area contributed by atoms with E-state index in [2.05, 4.69) is 20.4 Å². The van der Waals surface area contributed by atoms with Crippen molar-refractivity contribution in [1.29, 1.82) is 0 Å². The van der Waals surface area contributed by atoms with Gasteiger partial charge in [-0.15, -0.1) is 0 Å². The fraction of sp³-hybridized carbons (Fsp3) is 0.421. The number of methoxy groups -OCH3 is 1. The number of nitrogens with one attached hydrogen (secondary N) is 1. The smallest absolute Gasteiger partial charge is 0.224 e. The summed E-state index contributed by atoms with van der Waals surface area (Å²) in [5.74, 6) is 1.23. The first-order valence-corrected chi connectivity index (χ1v) is 9.63. The Bertz CT molecular complexity index is 942. The molecule has 0 saturated carbocycles. The van der Waals surface area contributed by atoms with Gasteiger partial charge in [0.15, 0.2) is 0 Å². The lowest BCUT2D eigenvalue weighted by molar-refractivity contribution is -0.0394. The van der Waals surface area contributed by atoms with E-state index < -0.39 is 0 Å². The monoisotopic (exact) mass is 403 g/mol. The van der Waals surface area contributed by atoms with Crippen LogP contribution in [0.4, 0.5) is 11.5 Å². The molecule has 9 heteroatoms. The molecule has 0 aliphatic carbocycles. The summed E-state index contributed by atoms with van der Waals surface area (Å²) in [7, 11) is 1.63. The molecule has 1 aliphatic heterocycles. The van der Waals surface area contributed by atoms with Crippen LogP contribution < -0.4 is 10.1 Å². The van der Waals surface area contributed by atoms with E-state index >= 15 is 0 Å². The quantitative estimate of drug-likeness (QED) is 0.472. The molecule has 1 unspecified atom stereocenters. The molecule has 1 atom stereocenters. The number of rotatable bonds is 7. The third-order valence-corrected chi connectivity index (χ3v) is 4.69. The standard InChI is InChI=1S/C19H22ClN5O3/c1-26-9-10-27-15-6-4-5-14-17(15)18(24-19(20)23-14)22-13-11-21-25(12-13)16-7-2-3-8-28-16/h4-6,11-12,16H,2-3,7-10H2,1H3,(H,22,23,24). The topological polar surface area (TPSA) is 83.3 Å². The lowest BCUT2D eigenvalue weighted by atomic mass is 10.2. The lowest BCUT2D eigenvalue weighted by Gasteiger charge is -2.22. The summed E-state index contributed by atoms with van der Waals surface area (Å²) in [6, 6.07) is 5.62. The van der Waals surface area contributed by atoms with Gasteiger partial charge in [0.25, 0.3) is 0 Å². The Balaban J connectivity index is 1.63. The third kappa shape index (κ3) is 4.19. The molecule has 4 rings (SSSR count). The van der Waals surface area contributed by atoms with Gasteiger partial charge in [-0.05, 0) is 43.0 Å². The lowest BCUT2D eigenvalue weighted by Crippen LogP contribution is -2.18. The Morgan fingerprint density at radius 3 is 3.04 bits per heavy atom. The predicted molar refractivity (Wildman–Crippen MR) is 106 cm³/mol. The highest BCUT2D eigenvalue weighted by Crippen LogP contribution is 2.33. The molecule has 2 aromatic heterocycles. The second-order valence-corrected chi connectivity index (χ2v) is 6.83. The summed E-state index contributed by atoms with van der Waals surface area (Å²) in [5, 5.41) is 8.63. The van der Waals surface area contributed by atoms with Crippen LogP contribution in [0.15, 0.2) is 30.6 Å². The Kier molecular flexibility index (Phi) is 5.90. The molecule has 0 radical (unpaired) electrons. The van der Waals surface area contributed by atoms with E-state index in [-0.39, 0.29) is 11.5 Å². The summed E-state index contributed by atoms with van der Waals surface area (Å²) >= 11 is 6.13. The van der Waals surface area contributed by atoms with Gasteiger partial charge in [0.05, 0.1) is 35.6 Å². The molecular formula is C19H22ClN5O3. The van der Waals surface area contributed by atoms with E-state index in [0.717, 1.165) is 36.9 Å². The van der Waals surface area contributed by atoms with Crippen molar-refractivity contribution in [2.24, 2.45) is 0 Å². The van der Waals surface area contributed by atoms with Crippen molar-refractivity contribution in [3.05, 3.63) is 35.9 Å². The Morgan fingerprint density at radius 1 is 1.29 bits per heavy atom. The zero-order chi connectivity index (χ0) is 19.3. The molecule has 0 spiro atoms. The molecule has 148 valence electrons. The first kappa shape index (κ1) is 18.9. The molecule has 0 amide bonds. The van der Waals surface area contributed by atoms with Gasteiger partial charge < -0.3 is 19.5 Å². The van der Waals surface area contributed by atoms with Crippen LogP contribution in [0.2, 0.25) is 5.28 Å². The minimum absolute atomic E-state index is 0.0250. The minimum Gasteiger partial charge on any atom is -0.490 e. The number of nitrogens with zero attached hydrogens (tertiary/aromatic N) is 4. The van der Waals surface area contributed by atoms with Crippen LogP contribution in [0.1, 0.15) is 25.5 Å². The summed E-state index contributed by atoms with van der Waals surface area (Å²) in [6.07, 6.45) is 6.83. The third-order valence-electron chi connectivity index (χ3n) is 4.52. The van der Waals surface area contributed by atoms with Crippen molar-refractivity contribution >= 4 is 34.0 Å². The number of aromatic nitrogens is 4. The molecule has 8 nitrogen and oxygen atoms in total. The summed E-state index contributed by atoms with van der Waals surface area (Å²) in [6.45, 7) is 1.68. The Hall–Kier alpha value is -2.42. The highest BCUT2D eigenvalue weighted by molar-refractivity contribution is 6.29. The van der Waals surface area contributed by atoms with Crippen LogP contribution in [0, 0.1) is 0 Å². The Labute approximate surface area is 167 Å². The van der Waals surface area contributed by atoms with Crippen LogP contribution in [0.3, 0.4) is 0 Å². The molecule has 1 fully saturated rings. The molecule has 1 saturated heterocycles. The van der Waals surface area contributed by atoms with Crippen LogP contribution in [-0.4, -0.2) is 46.7 Å². The van der Waals surface area contributed by atoms with Gasteiger partial charge in [-0.25, -0.2) is 9.67 Å². The van der Waals surface area contributed by atoms with E-state index in [4.69, 9.17) is 25.8 Å². The van der Waals surface area contributed by atoms with Crippen LogP contribution in [-0.2, 0) is 9.47 Å². The number of hydrogen-bond donors (Lipinski definition) is 1. The van der Waals surface area contributed by atoms with E-state index in [0.29, 0.717) is 30.3 Å². The molecule has 0 bridgehead atoms. The number of benzene rings is 1. The van der Waals surface area contributed by atoms with Crippen LogP contribution in [0.25, 0.3) is 10.9 Å². The second kappa shape index (κ2) is 8.72. The maximum atomic E-state index is 6.13. The maximum absolute atomic E-state index is 6.13. The first-order valence-electron chi connectivity index (χ1n) is 9.25. The fourth-order valence-corrected chi connectivity index (χ4v) is 3.37. The van der Waals surface area contributed by atoms with E-state index in [1.807, 2.05) is 29.1 Å².